The largest absolute Gasteiger partial charge is 0.481 e. The van der Waals surface area contributed by atoms with E-state index in [1.165, 1.54) is 0 Å². The predicted octanol–water partition coefficient (Wildman–Crippen LogP) is 1.67. The molecule has 0 aromatic carbocycles. The van der Waals surface area contributed by atoms with Crippen LogP contribution in [0, 0.1) is 17.8 Å². The van der Waals surface area contributed by atoms with Crippen LogP contribution in [0.5, 0.6) is 0 Å². The Morgan fingerprint density at radius 3 is 2.18 bits per heavy atom. The van der Waals surface area contributed by atoms with E-state index in [1.807, 2.05) is 9.80 Å². The summed E-state index contributed by atoms with van der Waals surface area (Å²) in [7, 11) is 0. The number of nitrogens with zero attached hydrogens (tertiary/aromatic N) is 3. The number of carbonyl (C=O) groups excluding carboxylic acids is 2. The molecule has 1 aliphatic carbocycles. The maximum Gasteiger partial charge on any atom is 0.303 e. The van der Waals surface area contributed by atoms with Crippen LogP contribution >= 0.6 is 0 Å². The summed E-state index contributed by atoms with van der Waals surface area (Å²) in [5.41, 5.74) is 0. The van der Waals surface area contributed by atoms with E-state index < -0.39 is 5.97 Å². The van der Waals surface area contributed by atoms with E-state index in [1.54, 1.807) is 6.92 Å². The van der Waals surface area contributed by atoms with Crippen molar-refractivity contribution in [2.45, 2.75) is 51.9 Å². The highest BCUT2D eigenvalue weighted by Gasteiger charge is 2.35. The zero-order valence-corrected chi connectivity index (χ0v) is 17.1. The van der Waals surface area contributed by atoms with Gasteiger partial charge in [-0.25, -0.2) is 0 Å². The molecule has 0 unspecified atom stereocenters. The van der Waals surface area contributed by atoms with Crippen LogP contribution in [0.2, 0.25) is 0 Å². The van der Waals surface area contributed by atoms with Crippen LogP contribution < -0.4 is 0 Å². The van der Waals surface area contributed by atoms with E-state index >= 15 is 0 Å². The van der Waals surface area contributed by atoms with E-state index in [2.05, 4.69) is 4.90 Å². The molecule has 3 fully saturated rings. The molecular formula is C21H35N3O4. The summed E-state index contributed by atoms with van der Waals surface area (Å²) < 4.78 is 0. The summed E-state index contributed by atoms with van der Waals surface area (Å²) in [5, 5.41) is 9.30. The maximum atomic E-state index is 12.8. The fourth-order valence-electron chi connectivity index (χ4n) is 5.17. The molecular weight excluding hydrogens is 358 g/mol. The first-order valence-corrected chi connectivity index (χ1v) is 10.9. The molecule has 158 valence electrons. The summed E-state index contributed by atoms with van der Waals surface area (Å²) in [6.45, 7) is 7.24. The van der Waals surface area contributed by atoms with Gasteiger partial charge >= 0.3 is 5.97 Å². The molecule has 0 radical (unpaired) electrons. The molecule has 0 aromatic heterocycles. The molecule has 2 aliphatic heterocycles. The second-order valence-electron chi connectivity index (χ2n) is 8.81. The third kappa shape index (κ3) is 5.46. The Bertz CT molecular complexity index is 568. The standard InChI is InChI=1S/C21H35N3O4/c1-16(25)23-12-10-22(11-13-23)8-6-19-15-24(9-7-18(19)14-20(26)27)21(28)17-4-2-3-5-17/h17-19H,2-15H2,1H3,(H,26,27)/t18-,19-/m0/s1. The van der Waals surface area contributed by atoms with Crippen molar-refractivity contribution in [3.8, 4) is 0 Å². The maximum absolute atomic E-state index is 12.8. The van der Waals surface area contributed by atoms with Crippen molar-refractivity contribution < 1.29 is 19.5 Å². The molecule has 2 heterocycles. The molecule has 7 nitrogen and oxygen atoms in total. The van der Waals surface area contributed by atoms with Crippen LogP contribution in [-0.4, -0.2) is 83.4 Å². The number of likely N-dealkylation sites (tertiary alicyclic amines) is 1. The van der Waals surface area contributed by atoms with E-state index in [4.69, 9.17) is 0 Å². The van der Waals surface area contributed by atoms with Gasteiger partial charge in [-0.05, 0) is 44.1 Å². The van der Waals surface area contributed by atoms with Gasteiger partial charge in [-0.15, -0.1) is 0 Å². The van der Waals surface area contributed by atoms with Crippen LogP contribution in [-0.2, 0) is 14.4 Å². The van der Waals surface area contributed by atoms with Crippen molar-refractivity contribution in [3.63, 3.8) is 0 Å². The van der Waals surface area contributed by atoms with Crippen LogP contribution in [0.25, 0.3) is 0 Å². The van der Waals surface area contributed by atoms with Crippen molar-refractivity contribution >= 4 is 17.8 Å². The number of carbonyl (C=O) groups is 3. The van der Waals surface area contributed by atoms with E-state index in [0.717, 1.165) is 71.2 Å². The molecule has 1 N–H and O–H groups in total. The van der Waals surface area contributed by atoms with Crippen molar-refractivity contribution in [1.82, 2.24) is 14.7 Å². The highest BCUT2D eigenvalue weighted by molar-refractivity contribution is 5.79. The number of hydrogen-bond acceptors (Lipinski definition) is 4. The van der Waals surface area contributed by atoms with Gasteiger partial charge in [-0.1, -0.05) is 12.8 Å². The number of amides is 2. The first kappa shape index (κ1) is 21.1. The molecule has 3 rings (SSSR count). The van der Waals surface area contributed by atoms with Crippen molar-refractivity contribution in [2.75, 3.05) is 45.8 Å². The van der Waals surface area contributed by atoms with Crippen LogP contribution in [0.15, 0.2) is 0 Å². The van der Waals surface area contributed by atoms with Crippen LogP contribution in [0.4, 0.5) is 0 Å². The number of aliphatic carboxylic acids is 1. The highest BCUT2D eigenvalue weighted by Crippen LogP contribution is 2.33. The Hall–Kier alpha value is -1.63. The molecule has 7 heteroatoms. The molecule has 0 spiro atoms. The summed E-state index contributed by atoms with van der Waals surface area (Å²) in [6, 6.07) is 0. The number of rotatable bonds is 6. The first-order valence-electron chi connectivity index (χ1n) is 10.9. The average Bonchev–Trinajstić information content (AvgIpc) is 3.21. The van der Waals surface area contributed by atoms with Gasteiger partial charge in [-0.2, -0.15) is 0 Å². The molecule has 3 aliphatic rings. The quantitative estimate of drug-likeness (QED) is 0.742. The lowest BCUT2D eigenvalue weighted by Gasteiger charge is -2.41. The minimum atomic E-state index is -0.736. The SMILES string of the molecule is CC(=O)N1CCN(CC[C@H]2CN(C(=O)C3CCCC3)CC[C@H]2CC(=O)O)CC1. The second kappa shape index (κ2) is 9.72. The Morgan fingerprint density at radius 1 is 0.893 bits per heavy atom. The molecule has 2 amide bonds. The normalized spacial score (nSPS) is 27.2. The third-order valence-corrected chi connectivity index (χ3v) is 6.98. The zero-order valence-electron chi connectivity index (χ0n) is 17.1. The van der Waals surface area contributed by atoms with E-state index in [-0.39, 0.29) is 30.1 Å². The van der Waals surface area contributed by atoms with Gasteiger partial charge in [0.25, 0.3) is 0 Å². The molecule has 2 saturated heterocycles. The van der Waals surface area contributed by atoms with Gasteiger partial charge < -0.3 is 14.9 Å². The minimum Gasteiger partial charge on any atom is -0.481 e. The lowest BCUT2D eigenvalue weighted by molar-refractivity contribution is -0.141. The lowest BCUT2D eigenvalue weighted by Crippen LogP contribution is -2.50. The lowest BCUT2D eigenvalue weighted by atomic mass is 9.80. The van der Waals surface area contributed by atoms with Gasteiger partial charge in [0.2, 0.25) is 11.8 Å². The summed E-state index contributed by atoms with van der Waals surface area (Å²) in [5.74, 6) is 0.294. The van der Waals surface area contributed by atoms with Crippen LogP contribution in [0.3, 0.4) is 0 Å². The van der Waals surface area contributed by atoms with Gasteiger partial charge in [-0.3, -0.25) is 19.3 Å². The summed E-state index contributed by atoms with van der Waals surface area (Å²) in [6.07, 6.45) is 6.26. The van der Waals surface area contributed by atoms with Crippen LogP contribution in [0.1, 0.15) is 51.9 Å². The predicted molar refractivity (Wildman–Crippen MR) is 106 cm³/mol. The molecule has 0 aromatic rings. The van der Waals surface area contributed by atoms with Gasteiger partial charge in [0.05, 0.1) is 0 Å². The third-order valence-electron chi connectivity index (χ3n) is 6.98. The van der Waals surface area contributed by atoms with Gasteiger partial charge in [0, 0.05) is 58.5 Å². The van der Waals surface area contributed by atoms with Crippen molar-refractivity contribution in [3.05, 3.63) is 0 Å². The second-order valence-corrected chi connectivity index (χ2v) is 8.81. The highest BCUT2D eigenvalue weighted by atomic mass is 16.4. The number of piperazine rings is 1. The van der Waals surface area contributed by atoms with Gasteiger partial charge in [0.1, 0.15) is 0 Å². The fourth-order valence-corrected chi connectivity index (χ4v) is 5.17. The molecule has 0 bridgehead atoms. The minimum absolute atomic E-state index is 0.134. The Labute approximate surface area is 168 Å². The zero-order chi connectivity index (χ0) is 20.1. The fraction of sp³-hybridized carbons (Fsp3) is 0.857. The van der Waals surface area contributed by atoms with E-state index in [0.29, 0.717) is 19.0 Å². The summed E-state index contributed by atoms with van der Waals surface area (Å²) >= 11 is 0. The number of carboxylic acid groups (broad SMARTS) is 1. The molecule has 1 saturated carbocycles. The van der Waals surface area contributed by atoms with E-state index in [9.17, 15) is 19.5 Å². The molecule has 28 heavy (non-hydrogen) atoms. The Morgan fingerprint density at radius 2 is 1.57 bits per heavy atom. The number of hydrogen-bond donors (Lipinski definition) is 1. The smallest absolute Gasteiger partial charge is 0.303 e. The average molecular weight is 394 g/mol. The first-order chi connectivity index (χ1) is 13.4. The number of carboxylic acids is 1. The van der Waals surface area contributed by atoms with Gasteiger partial charge in [0.15, 0.2) is 0 Å². The number of piperidine rings is 1. The van der Waals surface area contributed by atoms with Crippen molar-refractivity contribution in [1.29, 1.82) is 0 Å². The Balaban J connectivity index is 1.53. The summed E-state index contributed by atoms with van der Waals surface area (Å²) in [4.78, 5) is 41.9. The Kier molecular flexibility index (Phi) is 7.32. The molecule has 2 atom stereocenters. The monoisotopic (exact) mass is 393 g/mol. The topological polar surface area (TPSA) is 81.2 Å². The van der Waals surface area contributed by atoms with Crippen molar-refractivity contribution in [2.24, 2.45) is 17.8 Å².